The quantitative estimate of drug-likeness (QED) is 0.680. The molecule has 0 radical (unpaired) electrons. The fourth-order valence-corrected chi connectivity index (χ4v) is 3.18. The molecule has 102 valence electrons. The highest BCUT2D eigenvalue weighted by molar-refractivity contribution is 14.1. The highest BCUT2D eigenvalue weighted by Crippen LogP contribution is 2.29. The molecule has 0 saturated carbocycles. The Morgan fingerprint density at radius 2 is 1.95 bits per heavy atom. The molecule has 0 aliphatic heterocycles. The van der Waals surface area contributed by atoms with Gasteiger partial charge in [-0.3, -0.25) is 4.79 Å². The fraction of sp³-hybridized carbons (Fsp3) is 0.188. The average Bonchev–Trinajstić information content (AvgIpc) is 2.85. The lowest BCUT2D eigenvalue weighted by molar-refractivity contribution is 0.829. The van der Waals surface area contributed by atoms with Crippen LogP contribution in [0.5, 0.6) is 0 Å². The van der Waals surface area contributed by atoms with Gasteiger partial charge in [0, 0.05) is 24.5 Å². The molecule has 3 nitrogen and oxygen atoms in total. The van der Waals surface area contributed by atoms with Gasteiger partial charge in [0.15, 0.2) is 0 Å². The van der Waals surface area contributed by atoms with E-state index in [1.807, 2.05) is 30.5 Å². The SMILES string of the molecule is CC(c1ccccc1)c1cn(C)c(=O)c2[nH]c(I)cc12. The second-order valence-corrected chi connectivity index (χ2v) is 6.20. The first-order valence-corrected chi connectivity index (χ1v) is 7.58. The summed E-state index contributed by atoms with van der Waals surface area (Å²) in [6, 6.07) is 12.4. The molecule has 0 fully saturated rings. The number of hydrogen-bond donors (Lipinski definition) is 1. The zero-order valence-corrected chi connectivity index (χ0v) is 13.5. The highest BCUT2D eigenvalue weighted by atomic mass is 127. The Bertz CT molecular complexity index is 818. The maximum absolute atomic E-state index is 12.2. The molecule has 1 N–H and O–H groups in total. The third-order valence-electron chi connectivity index (χ3n) is 3.73. The zero-order valence-electron chi connectivity index (χ0n) is 11.4. The number of H-pyrrole nitrogens is 1. The summed E-state index contributed by atoms with van der Waals surface area (Å²) < 4.78 is 2.64. The van der Waals surface area contributed by atoms with Crippen molar-refractivity contribution in [1.82, 2.24) is 9.55 Å². The second kappa shape index (κ2) is 5.09. The summed E-state index contributed by atoms with van der Waals surface area (Å²) in [5.74, 6) is 0.247. The number of aromatic nitrogens is 2. The van der Waals surface area contributed by atoms with Crippen molar-refractivity contribution in [2.24, 2.45) is 7.05 Å². The number of nitrogens with one attached hydrogen (secondary N) is 1. The van der Waals surface area contributed by atoms with Gasteiger partial charge in [-0.05, 0) is 39.8 Å². The molecule has 20 heavy (non-hydrogen) atoms. The van der Waals surface area contributed by atoms with Crippen molar-refractivity contribution in [2.75, 3.05) is 0 Å². The maximum atomic E-state index is 12.2. The number of hydrogen-bond acceptors (Lipinski definition) is 1. The molecular weight excluding hydrogens is 363 g/mol. The number of pyridine rings is 1. The van der Waals surface area contributed by atoms with Crippen molar-refractivity contribution >= 4 is 33.5 Å². The van der Waals surface area contributed by atoms with Crippen LogP contribution in [0.25, 0.3) is 10.9 Å². The summed E-state index contributed by atoms with van der Waals surface area (Å²) in [5, 5.41) is 1.02. The normalized spacial score (nSPS) is 12.8. The minimum Gasteiger partial charge on any atom is -0.345 e. The molecular formula is C16H15IN2O. The van der Waals surface area contributed by atoms with Crippen LogP contribution < -0.4 is 5.56 Å². The van der Waals surface area contributed by atoms with Crippen LogP contribution in [0.15, 0.2) is 47.4 Å². The second-order valence-electron chi connectivity index (χ2n) is 5.04. The van der Waals surface area contributed by atoms with E-state index in [1.165, 1.54) is 11.1 Å². The van der Waals surface area contributed by atoms with E-state index in [9.17, 15) is 4.79 Å². The number of nitrogens with zero attached hydrogens (tertiary/aromatic N) is 1. The molecule has 2 heterocycles. The molecule has 2 aromatic heterocycles. The zero-order chi connectivity index (χ0) is 14.3. The summed E-state index contributed by atoms with van der Waals surface area (Å²) in [7, 11) is 1.80. The number of halogens is 1. The minimum absolute atomic E-state index is 0.0203. The van der Waals surface area contributed by atoms with Gasteiger partial charge in [0.1, 0.15) is 5.52 Å². The van der Waals surface area contributed by atoms with Gasteiger partial charge in [-0.1, -0.05) is 37.3 Å². The van der Waals surface area contributed by atoms with Crippen molar-refractivity contribution in [1.29, 1.82) is 0 Å². The topological polar surface area (TPSA) is 37.8 Å². The molecule has 3 aromatic rings. The van der Waals surface area contributed by atoms with Gasteiger partial charge in [0.25, 0.3) is 5.56 Å². The molecule has 0 aliphatic carbocycles. The van der Waals surface area contributed by atoms with E-state index >= 15 is 0 Å². The average molecular weight is 378 g/mol. The van der Waals surface area contributed by atoms with Crippen molar-refractivity contribution < 1.29 is 0 Å². The standard InChI is InChI=1S/C16H15IN2O/c1-10(11-6-4-3-5-7-11)13-9-19(2)16(20)15-12(13)8-14(17)18-15/h3-10,18H,1-2H3. The van der Waals surface area contributed by atoms with E-state index in [0.717, 1.165) is 9.09 Å². The molecule has 0 spiro atoms. The number of aromatic amines is 1. The lowest BCUT2D eigenvalue weighted by atomic mass is 9.92. The Labute approximate surface area is 130 Å². The van der Waals surface area contributed by atoms with Gasteiger partial charge in [0.2, 0.25) is 0 Å². The number of benzene rings is 1. The van der Waals surface area contributed by atoms with Gasteiger partial charge in [-0.2, -0.15) is 0 Å². The van der Waals surface area contributed by atoms with Gasteiger partial charge in [-0.25, -0.2) is 0 Å². The number of rotatable bonds is 2. The smallest absolute Gasteiger partial charge is 0.274 e. The third kappa shape index (κ3) is 2.18. The van der Waals surface area contributed by atoms with Gasteiger partial charge >= 0.3 is 0 Å². The number of aryl methyl sites for hydroxylation is 1. The Balaban J connectivity index is 2.26. The first-order chi connectivity index (χ1) is 9.58. The van der Waals surface area contributed by atoms with E-state index < -0.39 is 0 Å². The van der Waals surface area contributed by atoms with E-state index in [0.29, 0.717) is 5.52 Å². The Morgan fingerprint density at radius 1 is 1.25 bits per heavy atom. The molecule has 0 saturated heterocycles. The maximum Gasteiger partial charge on any atom is 0.274 e. The minimum atomic E-state index is 0.0203. The first kappa shape index (κ1) is 13.4. The summed E-state index contributed by atoms with van der Waals surface area (Å²) in [6.07, 6.45) is 1.95. The van der Waals surface area contributed by atoms with Gasteiger partial charge in [-0.15, -0.1) is 0 Å². The van der Waals surface area contributed by atoms with Crippen molar-refractivity contribution in [3.05, 3.63) is 67.8 Å². The molecule has 0 bridgehead atoms. The van der Waals surface area contributed by atoms with Crippen molar-refractivity contribution in [2.45, 2.75) is 12.8 Å². The largest absolute Gasteiger partial charge is 0.345 e. The van der Waals surface area contributed by atoms with E-state index in [-0.39, 0.29) is 11.5 Å². The van der Waals surface area contributed by atoms with Crippen LogP contribution in [-0.2, 0) is 7.05 Å². The molecule has 1 atom stereocenters. The van der Waals surface area contributed by atoms with E-state index in [4.69, 9.17) is 0 Å². The molecule has 1 unspecified atom stereocenters. The molecule has 0 aliphatic rings. The Kier molecular flexibility index (Phi) is 3.41. The summed E-state index contributed by atoms with van der Waals surface area (Å²) in [6.45, 7) is 2.18. The van der Waals surface area contributed by atoms with Crippen LogP contribution in [0.4, 0.5) is 0 Å². The predicted octanol–water partition coefficient (Wildman–Crippen LogP) is 3.62. The predicted molar refractivity (Wildman–Crippen MR) is 90.2 cm³/mol. The summed E-state index contributed by atoms with van der Waals surface area (Å²) >= 11 is 2.21. The Morgan fingerprint density at radius 3 is 2.65 bits per heavy atom. The van der Waals surface area contributed by atoms with Crippen LogP contribution in [0, 0.1) is 3.70 Å². The summed E-state index contributed by atoms with van der Waals surface area (Å²) in [5.41, 5.74) is 3.14. The van der Waals surface area contributed by atoms with Gasteiger partial charge in [0.05, 0.1) is 3.70 Å². The Hall–Kier alpha value is -1.56. The van der Waals surface area contributed by atoms with Crippen LogP contribution in [0.3, 0.4) is 0 Å². The van der Waals surface area contributed by atoms with E-state index in [2.05, 4.69) is 46.6 Å². The molecule has 1 aromatic carbocycles. The lowest BCUT2D eigenvalue weighted by Gasteiger charge is -2.14. The first-order valence-electron chi connectivity index (χ1n) is 6.50. The molecule has 3 rings (SSSR count). The van der Waals surface area contributed by atoms with Crippen LogP contribution in [0.1, 0.15) is 24.0 Å². The molecule has 0 amide bonds. The van der Waals surface area contributed by atoms with Crippen LogP contribution in [0.2, 0.25) is 0 Å². The van der Waals surface area contributed by atoms with Crippen LogP contribution in [-0.4, -0.2) is 9.55 Å². The summed E-state index contributed by atoms with van der Waals surface area (Å²) in [4.78, 5) is 15.3. The van der Waals surface area contributed by atoms with E-state index in [1.54, 1.807) is 11.6 Å². The monoisotopic (exact) mass is 378 g/mol. The fourth-order valence-electron chi connectivity index (χ4n) is 2.60. The number of fused-ring (bicyclic) bond motifs is 1. The lowest BCUT2D eigenvalue weighted by Crippen LogP contribution is -2.18. The molecule has 4 heteroatoms. The highest BCUT2D eigenvalue weighted by Gasteiger charge is 2.16. The van der Waals surface area contributed by atoms with Crippen LogP contribution >= 0.6 is 22.6 Å². The third-order valence-corrected chi connectivity index (χ3v) is 4.31. The van der Waals surface area contributed by atoms with Gasteiger partial charge < -0.3 is 9.55 Å². The van der Waals surface area contributed by atoms with Crippen molar-refractivity contribution in [3.8, 4) is 0 Å². The van der Waals surface area contributed by atoms with Crippen molar-refractivity contribution in [3.63, 3.8) is 0 Å².